The summed E-state index contributed by atoms with van der Waals surface area (Å²) in [5, 5.41) is 14.3. The molecule has 0 saturated carbocycles. The third-order valence-corrected chi connectivity index (χ3v) is 6.10. The molecule has 1 aromatic carbocycles. The van der Waals surface area contributed by atoms with Crippen LogP contribution in [0.15, 0.2) is 24.3 Å². The Morgan fingerprint density at radius 2 is 2.07 bits per heavy atom. The van der Waals surface area contributed by atoms with E-state index in [1.54, 1.807) is 11.3 Å². The number of nitrogens with one attached hydrogen (secondary N) is 1. The zero-order valence-corrected chi connectivity index (χ0v) is 17.6. The van der Waals surface area contributed by atoms with Crippen LogP contribution in [0.1, 0.15) is 5.01 Å². The lowest BCUT2D eigenvalue weighted by molar-refractivity contribution is -0.122. The molecule has 1 fully saturated rings. The molecule has 1 aliphatic heterocycles. The minimum Gasteiger partial charge on any atom is -0.390 e. The molecule has 8 heteroatoms. The number of carbonyl (C=O) groups is 1. The van der Waals surface area contributed by atoms with E-state index in [1.165, 1.54) is 4.70 Å². The maximum absolute atomic E-state index is 12.2. The van der Waals surface area contributed by atoms with Crippen LogP contribution in [0.4, 0.5) is 0 Å². The van der Waals surface area contributed by atoms with Gasteiger partial charge < -0.3 is 15.3 Å². The lowest BCUT2D eigenvalue weighted by Crippen LogP contribution is -2.49. The number of piperazine rings is 1. The third-order valence-electron chi connectivity index (χ3n) is 5.00. The fraction of sp³-hybridized carbons (Fsp3) is 0.600. The van der Waals surface area contributed by atoms with E-state index in [0.29, 0.717) is 26.2 Å². The van der Waals surface area contributed by atoms with E-state index in [-0.39, 0.29) is 5.91 Å². The van der Waals surface area contributed by atoms with Crippen molar-refractivity contribution in [3.63, 3.8) is 0 Å². The molecular weight excluding hydrogens is 374 g/mol. The molecule has 3 rings (SSSR count). The Kier molecular flexibility index (Phi) is 7.75. The Morgan fingerprint density at radius 3 is 2.82 bits per heavy atom. The molecule has 0 bridgehead atoms. The van der Waals surface area contributed by atoms with Gasteiger partial charge in [-0.2, -0.15) is 0 Å². The minimum absolute atomic E-state index is 0.0181. The SMILES string of the molecule is CN1CCN(C[C@H](O)CN(C)CC(=O)NCCc2nc3ccccc3s2)CC1. The van der Waals surface area contributed by atoms with Gasteiger partial charge >= 0.3 is 0 Å². The van der Waals surface area contributed by atoms with E-state index in [2.05, 4.69) is 33.2 Å². The number of hydrogen-bond acceptors (Lipinski definition) is 7. The maximum atomic E-state index is 12.2. The van der Waals surface area contributed by atoms with Crippen LogP contribution in [0.2, 0.25) is 0 Å². The molecule has 0 aliphatic carbocycles. The largest absolute Gasteiger partial charge is 0.390 e. The summed E-state index contributed by atoms with van der Waals surface area (Å²) in [5.41, 5.74) is 1.02. The average Bonchev–Trinajstić information content (AvgIpc) is 3.06. The number of amides is 1. The highest BCUT2D eigenvalue weighted by atomic mass is 32.1. The lowest BCUT2D eigenvalue weighted by atomic mass is 10.2. The number of rotatable bonds is 9. The summed E-state index contributed by atoms with van der Waals surface area (Å²) in [6.07, 6.45) is 0.296. The number of carbonyl (C=O) groups excluding carboxylic acids is 1. The van der Waals surface area contributed by atoms with Gasteiger partial charge in [-0.15, -0.1) is 11.3 Å². The van der Waals surface area contributed by atoms with Crippen LogP contribution in [-0.4, -0.2) is 103 Å². The van der Waals surface area contributed by atoms with Crippen molar-refractivity contribution in [2.24, 2.45) is 0 Å². The lowest BCUT2D eigenvalue weighted by Gasteiger charge is -2.34. The molecule has 1 atom stereocenters. The number of benzene rings is 1. The topological polar surface area (TPSA) is 71.9 Å². The highest BCUT2D eigenvalue weighted by Crippen LogP contribution is 2.21. The molecule has 0 spiro atoms. The van der Waals surface area contributed by atoms with E-state index in [0.717, 1.165) is 43.1 Å². The van der Waals surface area contributed by atoms with Crippen molar-refractivity contribution in [1.82, 2.24) is 25.0 Å². The number of nitrogens with zero attached hydrogens (tertiary/aromatic N) is 4. The van der Waals surface area contributed by atoms with Crippen LogP contribution < -0.4 is 5.32 Å². The number of β-amino-alcohol motifs (C(OH)–C–C–N with tert-alkyl or cyclic N) is 1. The average molecular weight is 406 g/mol. The van der Waals surface area contributed by atoms with Gasteiger partial charge in [-0.25, -0.2) is 4.98 Å². The first-order valence-electron chi connectivity index (χ1n) is 9.88. The summed E-state index contributed by atoms with van der Waals surface area (Å²) in [5.74, 6) is -0.0181. The Morgan fingerprint density at radius 1 is 1.32 bits per heavy atom. The molecule has 1 amide bonds. The van der Waals surface area contributed by atoms with Crippen molar-refractivity contribution in [1.29, 1.82) is 0 Å². The molecule has 2 aromatic rings. The minimum atomic E-state index is -0.441. The first kappa shape index (κ1) is 21.1. The van der Waals surface area contributed by atoms with E-state index in [4.69, 9.17) is 0 Å². The number of aliphatic hydroxyl groups is 1. The van der Waals surface area contributed by atoms with Crippen molar-refractivity contribution < 1.29 is 9.90 Å². The number of hydrogen-bond donors (Lipinski definition) is 2. The summed E-state index contributed by atoms with van der Waals surface area (Å²) >= 11 is 1.67. The number of likely N-dealkylation sites (N-methyl/N-ethyl adjacent to an activating group) is 2. The second-order valence-corrected chi connectivity index (χ2v) is 8.74. The second kappa shape index (κ2) is 10.3. The van der Waals surface area contributed by atoms with Crippen molar-refractivity contribution in [2.75, 3.05) is 66.5 Å². The van der Waals surface area contributed by atoms with Crippen LogP contribution in [-0.2, 0) is 11.2 Å². The number of fused-ring (bicyclic) bond motifs is 1. The van der Waals surface area contributed by atoms with E-state index < -0.39 is 6.10 Å². The van der Waals surface area contributed by atoms with Crippen LogP contribution in [0.25, 0.3) is 10.2 Å². The highest BCUT2D eigenvalue weighted by Gasteiger charge is 2.18. The molecule has 0 unspecified atom stereocenters. The van der Waals surface area contributed by atoms with Crippen LogP contribution in [0.5, 0.6) is 0 Å². The quantitative estimate of drug-likeness (QED) is 0.633. The Hall–Kier alpha value is -1.58. The van der Waals surface area contributed by atoms with Gasteiger partial charge in [0.15, 0.2) is 0 Å². The fourth-order valence-corrected chi connectivity index (χ4v) is 4.41. The van der Waals surface area contributed by atoms with Gasteiger partial charge in [0.05, 0.1) is 27.9 Å². The number of aliphatic hydroxyl groups excluding tert-OH is 1. The summed E-state index contributed by atoms with van der Waals surface area (Å²) in [6, 6.07) is 8.08. The highest BCUT2D eigenvalue weighted by molar-refractivity contribution is 7.18. The fourth-order valence-electron chi connectivity index (χ4n) is 3.45. The molecule has 7 nitrogen and oxygen atoms in total. The van der Waals surface area contributed by atoms with Gasteiger partial charge in [0.25, 0.3) is 0 Å². The zero-order chi connectivity index (χ0) is 19.9. The number of aromatic nitrogens is 1. The molecule has 154 valence electrons. The van der Waals surface area contributed by atoms with Crippen LogP contribution >= 0.6 is 11.3 Å². The molecule has 2 N–H and O–H groups in total. The van der Waals surface area contributed by atoms with Gasteiger partial charge in [0, 0.05) is 52.2 Å². The summed E-state index contributed by atoms with van der Waals surface area (Å²) in [7, 11) is 4.00. The van der Waals surface area contributed by atoms with Gasteiger partial charge in [-0.1, -0.05) is 12.1 Å². The van der Waals surface area contributed by atoms with Crippen molar-refractivity contribution in [3.05, 3.63) is 29.3 Å². The Balaban J connectivity index is 1.32. The summed E-state index contributed by atoms with van der Waals surface area (Å²) in [6.45, 7) is 6.09. The molecule has 1 aromatic heterocycles. The van der Waals surface area contributed by atoms with Crippen molar-refractivity contribution >= 4 is 27.5 Å². The number of thiazole rings is 1. The standard InChI is InChI=1S/C20H31N5O2S/c1-23-9-11-25(12-10-23)14-16(26)13-24(2)15-19(27)21-8-7-20-22-17-5-3-4-6-18(17)28-20/h3-6,16,26H,7-15H2,1-2H3,(H,21,27)/t16-/m1/s1. The summed E-state index contributed by atoms with van der Waals surface area (Å²) < 4.78 is 1.18. The summed E-state index contributed by atoms with van der Waals surface area (Å²) in [4.78, 5) is 23.2. The van der Waals surface area contributed by atoms with Gasteiger partial charge in [0.1, 0.15) is 0 Å². The Bertz CT molecular complexity index is 727. The molecule has 1 aliphatic rings. The van der Waals surface area contributed by atoms with Crippen LogP contribution in [0.3, 0.4) is 0 Å². The first-order chi connectivity index (χ1) is 13.5. The normalized spacial score (nSPS) is 17.3. The van der Waals surface area contributed by atoms with Gasteiger partial charge in [0.2, 0.25) is 5.91 Å². The second-order valence-electron chi connectivity index (χ2n) is 7.63. The first-order valence-corrected chi connectivity index (χ1v) is 10.7. The molecule has 1 saturated heterocycles. The van der Waals surface area contributed by atoms with E-state index in [1.807, 2.05) is 30.1 Å². The van der Waals surface area contributed by atoms with Gasteiger partial charge in [-0.3, -0.25) is 14.6 Å². The predicted molar refractivity (Wildman–Crippen MR) is 114 cm³/mol. The van der Waals surface area contributed by atoms with Crippen LogP contribution in [0, 0.1) is 0 Å². The smallest absolute Gasteiger partial charge is 0.234 e. The van der Waals surface area contributed by atoms with Gasteiger partial charge in [-0.05, 0) is 26.2 Å². The third kappa shape index (κ3) is 6.49. The van der Waals surface area contributed by atoms with E-state index >= 15 is 0 Å². The van der Waals surface area contributed by atoms with Crippen molar-refractivity contribution in [2.45, 2.75) is 12.5 Å². The zero-order valence-electron chi connectivity index (χ0n) is 16.8. The maximum Gasteiger partial charge on any atom is 0.234 e. The Labute approximate surface area is 170 Å². The number of para-hydroxylation sites is 1. The monoisotopic (exact) mass is 405 g/mol. The van der Waals surface area contributed by atoms with Crippen molar-refractivity contribution in [3.8, 4) is 0 Å². The molecule has 2 heterocycles. The molecule has 0 radical (unpaired) electrons. The predicted octanol–water partition coefficient (Wildman–Crippen LogP) is 0.495. The van der Waals surface area contributed by atoms with E-state index in [9.17, 15) is 9.90 Å². The molecular formula is C20H31N5O2S. The molecule has 28 heavy (non-hydrogen) atoms.